The van der Waals surface area contributed by atoms with Crippen LogP contribution in [0.3, 0.4) is 0 Å². The Bertz CT molecular complexity index is 850. The van der Waals surface area contributed by atoms with Gasteiger partial charge in [0.15, 0.2) is 0 Å². The molecule has 1 aromatic rings. The maximum absolute atomic E-state index is 12.2. The minimum Gasteiger partial charge on any atom is -0.389 e. The molecule has 0 aliphatic heterocycles. The third-order valence-corrected chi connectivity index (χ3v) is 9.99. The van der Waals surface area contributed by atoms with Crippen LogP contribution in [0.2, 0.25) is 5.02 Å². The number of rotatable bonds is 1. The van der Waals surface area contributed by atoms with E-state index < -0.39 is 16.6 Å². The largest absolute Gasteiger partial charge is 0.389 e. The molecule has 158 valence electrons. The quantitative estimate of drug-likeness (QED) is 0.566. The minimum absolute atomic E-state index is 0.0696. The summed E-state index contributed by atoms with van der Waals surface area (Å²) in [4.78, 5) is 0. The first-order chi connectivity index (χ1) is 13.6. The first-order valence-corrected chi connectivity index (χ1v) is 11.6. The fourth-order valence-electron chi connectivity index (χ4n) is 7.89. The van der Waals surface area contributed by atoms with Gasteiger partial charge in [0.1, 0.15) is 0 Å². The van der Waals surface area contributed by atoms with Crippen molar-refractivity contribution in [3.8, 4) is 0 Å². The van der Waals surface area contributed by atoms with Gasteiger partial charge in [-0.15, -0.1) is 0 Å². The number of aliphatic hydroxyl groups excluding tert-OH is 1. The van der Waals surface area contributed by atoms with Gasteiger partial charge in [0, 0.05) is 10.4 Å². The number of aliphatic hydroxyl groups is 3. The van der Waals surface area contributed by atoms with Gasteiger partial charge < -0.3 is 15.3 Å². The highest BCUT2D eigenvalue weighted by molar-refractivity contribution is 6.30. The van der Waals surface area contributed by atoms with Crippen molar-refractivity contribution in [3.05, 3.63) is 46.5 Å². The van der Waals surface area contributed by atoms with Gasteiger partial charge in [0.25, 0.3) is 0 Å². The average molecular weight is 417 g/mol. The molecule has 4 heteroatoms. The number of benzene rings is 1. The third-order valence-electron chi connectivity index (χ3n) is 9.74. The summed E-state index contributed by atoms with van der Waals surface area (Å²) in [6, 6.07) is 7.54. The first kappa shape index (κ1) is 20.1. The van der Waals surface area contributed by atoms with Crippen molar-refractivity contribution in [2.75, 3.05) is 0 Å². The Balaban J connectivity index is 1.54. The van der Waals surface area contributed by atoms with Gasteiger partial charge in [-0.25, -0.2) is 0 Å². The molecule has 0 radical (unpaired) electrons. The Morgan fingerprint density at radius 1 is 0.897 bits per heavy atom. The number of allylic oxidation sites excluding steroid dienone is 1. The van der Waals surface area contributed by atoms with Crippen LogP contribution in [0.1, 0.15) is 70.8 Å². The van der Waals surface area contributed by atoms with Gasteiger partial charge in [-0.05, 0) is 86.3 Å². The molecule has 4 aliphatic carbocycles. The first-order valence-electron chi connectivity index (χ1n) is 11.2. The highest BCUT2D eigenvalue weighted by Crippen LogP contribution is 2.71. The zero-order chi connectivity index (χ0) is 20.7. The summed E-state index contributed by atoms with van der Waals surface area (Å²) < 4.78 is 0. The molecule has 29 heavy (non-hydrogen) atoms. The number of hydrogen-bond acceptors (Lipinski definition) is 3. The van der Waals surface area contributed by atoms with Gasteiger partial charge in [-0.1, -0.05) is 49.2 Å². The molecule has 0 heterocycles. The normalized spacial score (nSPS) is 49.0. The SMILES string of the molecule is C[C@]12CC[C@H]3[C@@H](CCC4=C[C@@H](O)CC[C@@]43C)[C@@]1(O)CC[C@]2(O)c1ccc(Cl)cc1. The zero-order valence-corrected chi connectivity index (χ0v) is 18.3. The second-order valence-corrected chi connectivity index (χ2v) is 11.1. The van der Waals surface area contributed by atoms with Crippen molar-refractivity contribution >= 4 is 11.6 Å². The zero-order valence-electron chi connectivity index (χ0n) is 17.5. The van der Waals surface area contributed by atoms with Crippen LogP contribution in [-0.2, 0) is 5.60 Å². The topological polar surface area (TPSA) is 60.7 Å². The summed E-state index contributed by atoms with van der Waals surface area (Å²) in [5, 5.41) is 35.0. The molecule has 0 saturated heterocycles. The molecule has 3 N–H and O–H groups in total. The van der Waals surface area contributed by atoms with E-state index in [0.717, 1.165) is 44.1 Å². The Morgan fingerprint density at radius 3 is 2.34 bits per heavy atom. The molecular formula is C25H33ClO3. The lowest BCUT2D eigenvalue weighted by Gasteiger charge is -2.62. The average Bonchev–Trinajstić information content (AvgIpc) is 2.91. The summed E-state index contributed by atoms with van der Waals surface area (Å²) in [7, 11) is 0. The minimum atomic E-state index is -1.03. The number of hydrogen-bond donors (Lipinski definition) is 3. The number of fused-ring (bicyclic) bond motifs is 5. The predicted octanol–water partition coefficient (Wildman–Crippen LogP) is 4.97. The maximum atomic E-state index is 12.2. The van der Waals surface area contributed by atoms with Crippen LogP contribution in [0.15, 0.2) is 35.9 Å². The van der Waals surface area contributed by atoms with Crippen molar-refractivity contribution in [2.24, 2.45) is 22.7 Å². The van der Waals surface area contributed by atoms with Crippen LogP contribution in [-0.4, -0.2) is 27.0 Å². The molecule has 7 atom stereocenters. The molecule has 0 amide bonds. The summed E-state index contributed by atoms with van der Waals surface area (Å²) in [6.45, 7) is 4.47. The van der Waals surface area contributed by atoms with Gasteiger partial charge in [-0.3, -0.25) is 0 Å². The van der Waals surface area contributed by atoms with Crippen LogP contribution in [0.4, 0.5) is 0 Å². The molecule has 3 fully saturated rings. The van der Waals surface area contributed by atoms with Crippen LogP contribution in [0, 0.1) is 22.7 Å². The van der Waals surface area contributed by atoms with Crippen LogP contribution in [0.5, 0.6) is 0 Å². The lowest BCUT2D eigenvalue weighted by molar-refractivity contribution is -0.221. The molecular weight excluding hydrogens is 384 g/mol. The molecule has 0 bridgehead atoms. The molecule has 1 aromatic carbocycles. The van der Waals surface area contributed by atoms with Gasteiger partial charge in [-0.2, -0.15) is 0 Å². The molecule has 3 nitrogen and oxygen atoms in total. The van der Waals surface area contributed by atoms with E-state index in [1.165, 1.54) is 5.57 Å². The van der Waals surface area contributed by atoms with E-state index in [9.17, 15) is 15.3 Å². The second-order valence-electron chi connectivity index (χ2n) is 10.6. The van der Waals surface area contributed by atoms with Crippen molar-refractivity contribution in [2.45, 2.75) is 82.5 Å². The van der Waals surface area contributed by atoms with E-state index in [1.54, 1.807) is 0 Å². The molecule has 0 unspecified atom stereocenters. The van der Waals surface area contributed by atoms with E-state index in [0.29, 0.717) is 23.8 Å². The fraction of sp³-hybridized carbons (Fsp3) is 0.680. The van der Waals surface area contributed by atoms with Gasteiger partial charge in [0.2, 0.25) is 0 Å². The fourth-order valence-corrected chi connectivity index (χ4v) is 8.01. The number of halogens is 1. The monoisotopic (exact) mass is 416 g/mol. The van der Waals surface area contributed by atoms with Crippen molar-refractivity contribution in [1.29, 1.82) is 0 Å². The summed E-state index contributed by atoms with van der Waals surface area (Å²) in [6.07, 6.45) is 8.55. The molecule has 3 saturated carbocycles. The molecule has 0 aromatic heterocycles. The molecule has 0 spiro atoms. The third kappa shape index (κ3) is 2.48. The summed E-state index contributed by atoms with van der Waals surface area (Å²) in [5.74, 6) is 0.612. The van der Waals surface area contributed by atoms with Crippen LogP contribution in [0.25, 0.3) is 0 Å². The van der Waals surface area contributed by atoms with Crippen molar-refractivity contribution < 1.29 is 15.3 Å². The summed E-state index contributed by atoms with van der Waals surface area (Å²) in [5.41, 5.74) is -0.120. The van der Waals surface area contributed by atoms with Gasteiger partial charge in [0.05, 0.1) is 17.3 Å². The standard InChI is InChI=1S/C25H33ClO3/c1-22-11-9-19(27)15-17(22)5-8-21-20(22)10-12-23(2)24(28,13-14-25(21,23)29)16-3-6-18(26)7-4-16/h3-4,6-7,15,19-21,27-29H,5,8-14H2,1-2H3/t19-,20-,21+,22-,23+,24-,25-/m0/s1. The summed E-state index contributed by atoms with van der Waals surface area (Å²) >= 11 is 6.09. The van der Waals surface area contributed by atoms with Crippen LogP contribution >= 0.6 is 11.6 Å². The van der Waals surface area contributed by atoms with E-state index >= 15 is 0 Å². The maximum Gasteiger partial charge on any atom is 0.0978 e. The highest BCUT2D eigenvalue weighted by Gasteiger charge is 2.71. The lowest BCUT2D eigenvalue weighted by Crippen LogP contribution is -2.63. The predicted molar refractivity (Wildman–Crippen MR) is 115 cm³/mol. The Morgan fingerprint density at radius 2 is 1.62 bits per heavy atom. The van der Waals surface area contributed by atoms with Crippen LogP contribution < -0.4 is 0 Å². The second kappa shape index (κ2) is 6.32. The van der Waals surface area contributed by atoms with E-state index in [1.807, 2.05) is 24.3 Å². The Hall–Kier alpha value is -0.870. The Labute approximate surface area is 178 Å². The van der Waals surface area contributed by atoms with E-state index in [2.05, 4.69) is 19.9 Å². The van der Waals surface area contributed by atoms with E-state index in [-0.39, 0.29) is 17.4 Å². The van der Waals surface area contributed by atoms with E-state index in [4.69, 9.17) is 11.6 Å². The smallest absolute Gasteiger partial charge is 0.0978 e. The van der Waals surface area contributed by atoms with Crippen molar-refractivity contribution in [3.63, 3.8) is 0 Å². The highest BCUT2D eigenvalue weighted by atomic mass is 35.5. The molecule has 5 rings (SSSR count). The Kier molecular flexibility index (Phi) is 4.37. The molecule has 4 aliphatic rings. The lowest BCUT2D eigenvalue weighted by atomic mass is 9.44. The van der Waals surface area contributed by atoms with Gasteiger partial charge >= 0.3 is 0 Å². The van der Waals surface area contributed by atoms with Crippen molar-refractivity contribution in [1.82, 2.24) is 0 Å².